The van der Waals surface area contributed by atoms with Crippen molar-refractivity contribution in [3.63, 3.8) is 0 Å². The highest BCUT2D eigenvalue weighted by molar-refractivity contribution is 6.30. The fraction of sp³-hybridized carbons (Fsp3) is 0.222. The van der Waals surface area contributed by atoms with E-state index in [2.05, 4.69) is 11.9 Å². The Bertz CT molecular complexity index is 1590. The SMILES string of the molecule is CCc1nn2c(ncc3c(=O)n(CCc4ccc(OC)c(OC)c4)ccc32)c1-c1ccc(Cl)cc1. The Kier molecular flexibility index (Phi) is 6.17. The van der Waals surface area contributed by atoms with Crippen molar-refractivity contribution in [1.82, 2.24) is 19.2 Å². The Balaban J connectivity index is 1.53. The van der Waals surface area contributed by atoms with Crippen molar-refractivity contribution in [3.05, 3.63) is 87.6 Å². The fourth-order valence-corrected chi connectivity index (χ4v) is 4.50. The van der Waals surface area contributed by atoms with Crippen LogP contribution in [0.25, 0.3) is 27.7 Å². The molecule has 0 amide bonds. The number of rotatable bonds is 7. The van der Waals surface area contributed by atoms with Crippen LogP contribution in [0.3, 0.4) is 0 Å². The molecule has 0 N–H and O–H groups in total. The minimum absolute atomic E-state index is 0.0982. The highest BCUT2D eigenvalue weighted by Crippen LogP contribution is 2.30. The second-order valence-corrected chi connectivity index (χ2v) is 8.66. The molecule has 8 heteroatoms. The molecule has 0 atom stereocenters. The lowest BCUT2D eigenvalue weighted by Gasteiger charge is -2.11. The zero-order chi connectivity index (χ0) is 24.5. The molecule has 0 aliphatic rings. The number of halogens is 1. The lowest BCUT2D eigenvalue weighted by Crippen LogP contribution is -2.21. The summed E-state index contributed by atoms with van der Waals surface area (Å²) in [5.74, 6) is 1.35. The maximum absolute atomic E-state index is 13.3. The lowest BCUT2D eigenvalue weighted by atomic mass is 10.0. The predicted molar refractivity (Wildman–Crippen MR) is 138 cm³/mol. The van der Waals surface area contributed by atoms with Gasteiger partial charge in [0.05, 0.1) is 30.8 Å². The van der Waals surface area contributed by atoms with Gasteiger partial charge in [-0.15, -0.1) is 0 Å². The number of pyridine rings is 1. The zero-order valence-electron chi connectivity index (χ0n) is 19.8. The van der Waals surface area contributed by atoms with Crippen LogP contribution in [0.2, 0.25) is 5.02 Å². The minimum Gasteiger partial charge on any atom is -0.493 e. The van der Waals surface area contributed by atoms with Crippen LogP contribution in [0.1, 0.15) is 18.2 Å². The molecule has 0 aliphatic carbocycles. The normalized spacial score (nSPS) is 11.3. The van der Waals surface area contributed by atoms with Crippen LogP contribution in [0.4, 0.5) is 0 Å². The highest BCUT2D eigenvalue weighted by atomic mass is 35.5. The van der Waals surface area contributed by atoms with Gasteiger partial charge in [0.2, 0.25) is 0 Å². The third-order valence-electron chi connectivity index (χ3n) is 6.21. The van der Waals surface area contributed by atoms with Crippen LogP contribution >= 0.6 is 11.6 Å². The van der Waals surface area contributed by atoms with E-state index in [0.29, 0.717) is 34.9 Å². The Morgan fingerprint density at radius 1 is 1.00 bits per heavy atom. The summed E-state index contributed by atoms with van der Waals surface area (Å²) in [5.41, 5.74) is 5.29. The van der Waals surface area contributed by atoms with Crippen molar-refractivity contribution in [1.29, 1.82) is 0 Å². The van der Waals surface area contributed by atoms with Crippen LogP contribution in [-0.2, 0) is 19.4 Å². The van der Waals surface area contributed by atoms with Gasteiger partial charge in [-0.05, 0) is 54.3 Å². The first-order chi connectivity index (χ1) is 17.0. The highest BCUT2D eigenvalue weighted by Gasteiger charge is 2.18. The summed E-state index contributed by atoms with van der Waals surface area (Å²) in [6.07, 6.45) is 4.88. The molecule has 5 rings (SSSR count). The van der Waals surface area contributed by atoms with E-state index in [1.54, 1.807) is 29.5 Å². The summed E-state index contributed by atoms with van der Waals surface area (Å²) in [6.45, 7) is 2.59. The zero-order valence-corrected chi connectivity index (χ0v) is 20.5. The summed E-state index contributed by atoms with van der Waals surface area (Å²) >= 11 is 6.08. The molecule has 0 fully saturated rings. The molecule has 2 aromatic carbocycles. The molecule has 3 aromatic heterocycles. The number of benzene rings is 2. The molecule has 0 radical (unpaired) electrons. The summed E-state index contributed by atoms with van der Waals surface area (Å²) < 4.78 is 14.2. The van der Waals surface area contributed by atoms with Crippen LogP contribution in [0.15, 0.2) is 65.7 Å². The lowest BCUT2D eigenvalue weighted by molar-refractivity contribution is 0.354. The van der Waals surface area contributed by atoms with Gasteiger partial charge in [-0.3, -0.25) is 4.79 Å². The van der Waals surface area contributed by atoms with Gasteiger partial charge in [0.25, 0.3) is 5.56 Å². The summed E-state index contributed by atoms with van der Waals surface area (Å²) in [6, 6.07) is 15.4. The third kappa shape index (κ3) is 4.12. The van der Waals surface area contributed by atoms with E-state index in [0.717, 1.165) is 40.0 Å². The van der Waals surface area contributed by atoms with E-state index >= 15 is 0 Å². The van der Waals surface area contributed by atoms with Crippen molar-refractivity contribution >= 4 is 28.2 Å². The van der Waals surface area contributed by atoms with Crippen molar-refractivity contribution in [3.8, 4) is 22.6 Å². The monoisotopic (exact) mass is 488 g/mol. The average molecular weight is 489 g/mol. The molecule has 3 heterocycles. The first-order valence-electron chi connectivity index (χ1n) is 11.4. The Morgan fingerprint density at radius 2 is 1.77 bits per heavy atom. The maximum atomic E-state index is 13.3. The molecule has 0 saturated heterocycles. The number of hydrogen-bond donors (Lipinski definition) is 0. The van der Waals surface area contributed by atoms with E-state index in [-0.39, 0.29) is 5.56 Å². The second-order valence-electron chi connectivity index (χ2n) is 8.23. The summed E-state index contributed by atoms with van der Waals surface area (Å²) in [7, 11) is 3.22. The number of methoxy groups -OCH3 is 2. The summed E-state index contributed by atoms with van der Waals surface area (Å²) in [5, 5.41) is 6.01. The number of aromatic nitrogens is 4. The number of aryl methyl sites for hydroxylation is 3. The minimum atomic E-state index is -0.0982. The van der Waals surface area contributed by atoms with Gasteiger partial charge in [0.1, 0.15) is 0 Å². The van der Waals surface area contributed by atoms with Gasteiger partial charge < -0.3 is 14.0 Å². The first kappa shape index (κ1) is 22.9. The number of ether oxygens (including phenoxy) is 2. The van der Waals surface area contributed by atoms with Gasteiger partial charge in [-0.1, -0.05) is 36.7 Å². The van der Waals surface area contributed by atoms with Crippen LogP contribution in [-0.4, -0.2) is 33.4 Å². The van der Waals surface area contributed by atoms with Gasteiger partial charge in [0, 0.05) is 29.5 Å². The van der Waals surface area contributed by atoms with Crippen molar-refractivity contribution in [2.24, 2.45) is 0 Å². The molecular formula is C27H25ClN4O3. The van der Waals surface area contributed by atoms with E-state index in [1.165, 1.54) is 0 Å². The quantitative estimate of drug-likeness (QED) is 0.315. The van der Waals surface area contributed by atoms with Gasteiger partial charge in [0.15, 0.2) is 17.1 Å². The van der Waals surface area contributed by atoms with E-state index in [9.17, 15) is 4.79 Å². The second kappa shape index (κ2) is 9.43. The molecule has 0 bridgehead atoms. The molecule has 5 aromatic rings. The van der Waals surface area contributed by atoms with Crippen LogP contribution in [0, 0.1) is 0 Å². The fourth-order valence-electron chi connectivity index (χ4n) is 4.38. The predicted octanol–water partition coefficient (Wildman–Crippen LogP) is 5.19. The molecule has 0 spiro atoms. The van der Waals surface area contributed by atoms with Crippen molar-refractivity contribution in [2.75, 3.05) is 14.2 Å². The molecule has 0 unspecified atom stereocenters. The molecular weight excluding hydrogens is 464 g/mol. The van der Waals surface area contributed by atoms with Crippen molar-refractivity contribution < 1.29 is 9.47 Å². The molecule has 35 heavy (non-hydrogen) atoms. The Morgan fingerprint density at radius 3 is 2.49 bits per heavy atom. The van der Waals surface area contributed by atoms with Crippen LogP contribution in [0.5, 0.6) is 11.5 Å². The van der Waals surface area contributed by atoms with E-state index < -0.39 is 0 Å². The Hall–Kier alpha value is -3.84. The molecule has 7 nitrogen and oxygen atoms in total. The average Bonchev–Trinajstić information content (AvgIpc) is 3.27. The van der Waals surface area contributed by atoms with Crippen LogP contribution < -0.4 is 15.0 Å². The molecule has 178 valence electrons. The maximum Gasteiger partial charge on any atom is 0.261 e. The topological polar surface area (TPSA) is 70.7 Å². The van der Waals surface area contributed by atoms with Gasteiger partial charge in [-0.2, -0.15) is 5.10 Å². The van der Waals surface area contributed by atoms with E-state index in [4.69, 9.17) is 26.2 Å². The number of fused-ring (bicyclic) bond motifs is 3. The van der Waals surface area contributed by atoms with Crippen molar-refractivity contribution in [2.45, 2.75) is 26.3 Å². The largest absolute Gasteiger partial charge is 0.493 e. The standard InChI is InChI=1S/C27H25ClN4O3/c1-4-21-25(18-6-8-19(28)9-7-18)26-29-16-20-22(32(26)30-21)12-14-31(27(20)33)13-11-17-5-10-23(34-2)24(15-17)35-3/h5-10,12,14-16H,4,11,13H2,1-3H3. The number of hydrogen-bond acceptors (Lipinski definition) is 5. The smallest absolute Gasteiger partial charge is 0.261 e. The number of nitrogens with zero attached hydrogens (tertiary/aromatic N) is 4. The molecule has 0 saturated carbocycles. The molecule has 0 aliphatic heterocycles. The summed E-state index contributed by atoms with van der Waals surface area (Å²) in [4.78, 5) is 18.0. The first-order valence-corrected chi connectivity index (χ1v) is 11.8. The van der Waals surface area contributed by atoms with Gasteiger partial charge in [-0.25, -0.2) is 9.50 Å². The Labute approximate surface area is 207 Å². The van der Waals surface area contributed by atoms with Gasteiger partial charge >= 0.3 is 0 Å². The van der Waals surface area contributed by atoms with E-state index in [1.807, 2.05) is 54.7 Å². The third-order valence-corrected chi connectivity index (χ3v) is 6.47.